The van der Waals surface area contributed by atoms with E-state index in [0.717, 1.165) is 28.8 Å². The van der Waals surface area contributed by atoms with Crippen molar-refractivity contribution < 1.29 is 4.79 Å². The van der Waals surface area contributed by atoms with Crippen LogP contribution in [0.1, 0.15) is 33.0 Å². The molecule has 0 aliphatic heterocycles. The molecule has 0 saturated heterocycles. The van der Waals surface area contributed by atoms with E-state index in [4.69, 9.17) is 0 Å². The molecule has 0 unspecified atom stereocenters. The summed E-state index contributed by atoms with van der Waals surface area (Å²) in [6.07, 6.45) is 2.74. The van der Waals surface area contributed by atoms with Gasteiger partial charge in [0.15, 0.2) is 0 Å². The highest BCUT2D eigenvalue weighted by atomic mass is 16.1. The number of anilines is 2. The summed E-state index contributed by atoms with van der Waals surface area (Å²) in [4.78, 5) is 24.7. The average molecular weight is 399 g/mol. The third kappa shape index (κ3) is 4.17. The highest BCUT2D eigenvalue weighted by Gasteiger charge is 2.12. The molecule has 6 nitrogen and oxygen atoms in total. The molecule has 2 heterocycles. The van der Waals surface area contributed by atoms with Gasteiger partial charge in [-0.25, -0.2) is 9.97 Å². The Bertz CT molecular complexity index is 1190. The molecule has 0 aliphatic rings. The molecule has 0 aliphatic carbocycles. The van der Waals surface area contributed by atoms with Gasteiger partial charge >= 0.3 is 0 Å². The molecule has 2 aromatic heterocycles. The maximum absolute atomic E-state index is 12.7. The summed E-state index contributed by atoms with van der Waals surface area (Å²) in [6.45, 7) is 6.41. The zero-order valence-corrected chi connectivity index (χ0v) is 17.4. The van der Waals surface area contributed by atoms with Crippen LogP contribution in [-0.4, -0.2) is 27.4 Å². The predicted molar refractivity (Wildman–Crippen MR) is 120 cm³/mol. The third-order valence-corrected chi connectivity index (χ3v) is 5.16. The molecule has 0 radical (unpaired) electrons. The predicted octanol–water partition coefficient (Wildman–Crippen LogP) is 4.60. The van der Waals surface area contributed by atoms with E-state index in [1.165, 1.54) is 10.9 Å². The monoisotopic (exact) mass is 399 g/mol. The molecule has 0 atom stereocenters. The number of nitrogens with one attached hydrogen (secondary N) is 3. The van der Waals surface area contributed by atoms with Crippen molar-refractivity contribution in [3.63, 3.8) is 0 Å². The maximum Gasteiger partial charge on any atom is 0.270 e. The van der Waals surface area contributed by atoms with E-state index in [2.05, 4.69) is 31.7 Å². The first kappa shape index (κ1) is 19.6. The molecule has 30 heavy (non-hydrogen) atoms. The standard InChI is InChI=1S/C24H25N5O/c1-15-7-6-8-16(2)23(15)29-22-13-21(27-17(3)28-22)24(30)25-12-11-18-14-26-20-10-5-4-9-19(18)20/h4-10,13-14,26H,11-12H2,1-3H3,(H,25,30)(H,27,28,29). The molecular weight excluding hydrogens is 374 g/mol. The van der Waals surface area contributed by atoms with Crippen molar-refractivity contribution in [1.29, 1.82) is 0 Å². The minimum absolute atomic E-state index is 0.204. The molecule has 0 spiro atoms. The molecule has 3 N–H and O–H groups in total. The smallest absolute Gasteiger partial charge is 0.270 e. The number of para-hydroxylation sites is 2. The molecule has 0 bridgehead atoms. The Hall–Kier alpha value is -3.67. The van der Waals surface area contributed by atoms with Crippen LogP contribution in [0.15, 0.2) is 54.7 Å². The van der Waals surface area contributed by atoms with Crippen LogP contribution in [0.25, 0.3) is 10.9 Å². The maximum atomic E-state index is 12.7. The fraction of sp³-hybridized carbons (Fsp3) is 0.208. The Balaban J connectivity index is 1.45. The number of carbonyl (C=O) groups is 1. The quantitative estimate of drug-likeness (QED) is 0.442. The Morgan fingerprint density at radius 2 is 1.77 bits per heavy atom. The molecule has 1 amide bonds. The van der Waals surface area contributed by atoms with Crippen molar-refractivity contribution in [1.82, 2.24) is 20.3 Å². The SMILES string of the molecule is Cc1nc(Nc2c(C)cccc2C)cc(C(=O)NCCc2c[nH]c3ccccc23)n1. The fourth-order valence-electron chi connectivity index (χ4n) is 3.63. The molecular formula is C24H25N5O. The second-order valence-electron chi connectivity index (χ2n) is 7.44. The van der Waals surface area contributed by atoms with Crippen molar-refractivity contribution in [2.24, 2.45) is 0 Å². The number of hydrogen-bond donors (Lipinski definition) is 3. The lowest BCUT2D eigenvalue weighted by atomic mass is 10.1. The number of H-pyrrole nitrogens is 1. The van der Waals surface area contributed by atoms with Gasteiger partial charge in [-0.05, 0) is 49.9 Å². The number of fused-ring (bicyclic) bond motifs is 1. The number of aromatic nitrogens is 3. The minimum atomic E-state index is -0.204. The first-order chi connectivity index (χ1) is 14.5. The van der Waals surface area contributed by atoms with E-state index in [1.54, 1.807) is 13.0 Å². The first-order valence-electron chi connectivity index (χ1n) is 10.0. The van der Waals surface area contributed by atoms with Crippen molar-refractivity contribution >= 4 is 28.3 Å². The number of benzene rings is 2. The zero-order chi connectivity index (χ0) is 21.1. The van der Waals surface area contributed by atoms with Crippen molar-refractivity contribution in [2.45, 2.75) is 27.2 Å². The van der Waals surface area contributed by atoms with Gasteiger partial charge in [0.2, 0.25) is 0 Å². The summed E-state index contributed by atoms with van der Waals surface area (Å²) >= 11 is 0. The minimum Gasteiger partial charge on any atom is -0.361 e. The number of rotatable bonds is 6. The van der Waals surface area contributed by atoms with Gasteiger partial charge in [-0.1, -0.05) is 36.4 Å². The van der Waals surface area contributed by atoms with Crippen LogP contribution in [0.4, 0.5) is 11.5 Å². The van der Waals surface area contributed by atoms with Crippen molar-refractivity contribution in [3.8, 4) is 0 Å². The van der Waals surface area contributed by atoms with Crippen LogP contribution >= 0.6 is 0 Å². The number of aryl methyl sites for hydroxylation is 3. The van der Waals surface area contributed by atoms with Gasteiger partial charge in [0.05, 0.1) is 0 Å². The highest BCUT2D eigenvalue weighted by Crippen LogP contribution is 2.23. The van der Waals surface area contributed by atoms with Gasteiger partial charge in [0.25, 0.3) is 5.91 Å². The molecule has 0 fully saturated rings. The molecule has 152 valence electrons. The number of hydrogen-bond acceptors (Lipinski definition) is 4. The van der Waals surface area contributed by atoms with Crippen LogP contribution in [0.2, 0.25) is 0 Å². The summed E-state index contributed by atoms with van der Waals surface area (Å²) in [5.41, 5.74) is 5.89. The average Bonchev–Trinajstić information content (AvgIpc) is 3.14. The summed E-state index contributed by atoms with van der Waals surface area (Å²) in [6, 6.07) is 16.0. The number of amides is 1. The Morgan fingerprint density at radius 1 is 1.00 bits per heavy atom. The van der Waals surface area contributed by atoms with Gasteiger partial charge in [0, 0.05) is 35.4 Å². The second-order valence-corrected chi connectivity index (χ2v) is 7.44. The summed E-state index contributed by atoms with van der Waals surface area (Å²) < 4.78 is 0. The van der Waals surface area contributed by atoms with Gasteiger partial charge in [0.1, 0.15) is 17.3 Å². The first-order valence-corrected chi connectivity index (χ1v) is 10.0. The van der Waals surface area contributed by atoms with E-state index in [0.29, 0.717) is 23.9 Å². The van der Waals surface area contributed by atoms with Crippen LogP contribution in [-0.2, 0) is 6.42 Å². The molecule has 0 saturated carbocycles. The number of aromatic amines is 1. The summed E-state index contributed by atoms with van der Waals surface area (Å²) in [5.74, 6) is 0.958. The van der Waals surface area contributed by atoms with E-state index in [9.17, 15) is 4.79 Å². The number of nitrogens with zero attached hydrogens (tertiary/aromatic N) is 2. The van der Waals surface area contributed by atoms with E-state index >= 15 is 0 Å². The molecule has 6 heteroatoms. The normalized spacial score (nSPS) is 10.9. The Kier molecular flexibility index (Phi) is 5.48. The Labute approximate surface area is 175 Å². The van der Waals surface area contributed by atoms with E-state index in [1.807, 2.05) is 56.4 Å². The largest absolute Gasteiger partial charge is 0.361 e. The van der Waals surface area contributed by atoms with Crippen molar-refractivity contribution in [3.05, 3.63) is 82.9 Å². The molecule has 2 aromatic carbocycles. The zero-order valence-electron chi connectivity index (χ0n) is 17.4. The van der Waals surface area contributed by atoms with Gasteiger partial charge in [-0.2, -0.15) is 0 Å². The second kappa shape index (κ2) is 8.37. The topological polar surface area (TPSA) is 82.7 Å². The summed E-state index contributed by atoms with van der Waals surface area (Å²) in [5, 5.41) is 7.50. The van der Waals surface area contributed by atoms with Crippen LogP contribution in [0.5, 0.6) is 0 Å². The van der Waals surface area contributed by atoms with Crippen LogP contribution < -0.4 is 10.6 Å². The molecule has 4 aromatic rings. The van der Waals surface area contributed by atoms with E-state index in [-0.39, 0.29) is 5.91 Å². The van der Waals surface area contributed by atoms with Gasteiger partial charge < -0.3 is 15.6 Å². The lowest BCUT2D eigenvalue weighted by molar-refractivity contribution is 0.0949. The lowest BCUT2D eigenvalue weighted by Crippen LogP contribution is -2.27. The third-order valence-electron chi connectivity index (χ3n) is 5.16. The van der Waals surface area contributed by atoms with Gasteiger partial charge in [-0.3, -0.25) is 4.79 Å². The fourth-order valence-corrected chi connectivity index (χ4v) is 3.63. The van der Waals surface area contributed by atoms with Crippen LogP contribution in [0.3, 0.4) is 0 Å². The molecule has 4 rings (SSSR count). The highest BCUT2D eigenvalue weighted by molar-refractivity contribution is 5.93. The Morgan fingerprint density at radius 3 is 2.57 bits per heavy atom. The van der Waals surface area contributed by atoms with Crippen LogP contribution in [0, 0.1) is 20.8 Å². The number of carbonyl (C=O) groups excluding carboxylic acids is 1. The lowest BCUT2D eigenvalue weighted by Gasteiger charge is -2.13. The van der Waals surface area contributed by atoms with E-state index < -0.39 is 0 Å². The summed E-state index contributed by atoms with van der Waals surface area (Å²) in [7, 11) is 0. The van der Waals surface area contributed by atoms with Crippen molar-refractivity contribution in [2.75, 3.05) is 11.9 Å². The van der Waals surface area contributed by atoms with Gasteiger partial charge in [-0.15, -0.1) is 0 Å².